The monoisotopic (exact) mass is 356 g/mol. The summed E-state index contributed by atoms with van der Waals surface area (Å²) in [7, 11) is 0. The topological polar surface area (TPSA) is 86.7 Å². The lowest BCUT2D eigenvalue weighted by molar-refractivity contribution is 0.0548. The molecule has 2 atom stereocenters. The van der Waals surface area contributed by atoms with Crippen LogP contribution in [0, 0.1) is 0 Å². The lowest BCUT2D eigenvalue weighted by Gasteiger charge is -2.29. The van der Waals surface area contributed by atoms with Crippen molar-refractivity contribution in [1.29, 1.82) is 0 Å². The highest BCUT2D eigenvalue weighted by Gasteiger charge is 2.40. The van der Waals surface area contributed by atoms with Gasteiger partial charge in [0, 0.05) is 11.6 Å². The lowest BCUT2D eigenvalue weighted by Crippen LogP contribution is -2.41. The number of fused-ring (bicyclic) bond motifs is 1. The molecule has 4 rings (SSSR count). The van der Waals surface area contributed by atoms with E-state index in [4.69, 9.17) is 0 Å². The number of rotatable bonds is 3. The van der Waals surface area contributed by atoms with Crippen LogP contribution in [0.5, 0.6) is 0 Å². The van der Waals surface area contributed by atoms with E-state index in [9.17, 15) is 19.5 Å². The van der Waals surface area contributed by atoms with Crippen molar-refractivity contribution in [2.24, 2.45) is 0 Å². The van der Waals surface area contributed by atoms with Crippen molar-refractivity contribution >= 4 is 17.7 Å². The van der Waals surface area contributed by atoms with E-state index in [1.54, 1.807) is 12.1 Å². The second-order valence-corrected chi connectivity index (χ2v) is 7.61. The number of aliphatic hydroxyl groups excluding tert-OH is 1. The predicted molar refractivity (Wildman–Crippen MR) is 94.9 cm³/mol. The Morgan fingerprint density at radius 2 is 1.69 bits per heavy atom. The summed E-state index contributed by atoms with van der Waals surface area (Å²) in [6.07, 6.45) is 6.76. The third-order valence-corrected chi connectivity index (χ3v) is 5.92. The molecule has 3 aliphatic rings. The number of carbonyl (C=O) groups is 3. The first-order valence-electron chi connectivity index (χ1n) is 9.57. The zero-order valence-corrected chi connectivity index (χ0v) is 14.7. The molecule has 26 heavy (non-hydrogen) atoms. The van der Waals surface area contributed by atoms with Gasteiger partial charge in [-0.1, -0.05) is 19.3 Å². The molecule has 0 spiro atoms. The van der Waals surface area contributed by atoms with E-state index in [-0.39, 0.29) is 29.8 Å². The van der Waals surface area contributed by atoms with Crippen molar-refractivity contribution in [3.8, 4) is 0 Å². The van der Waals surface area contributed by atoms with E-state index in [1.807, 2.05) is 0 Å². The van der Waals surface area contributed by atoms with Gasteiger partial charge in [-0.2, -0.15) is 0 Å². The van der Waals surface area contributed by atoms with Gasteiger partial charge in [0.1, 0.15) is 0 Å². The minimum atomic E-state index is -0.515. The summed E-state index contributed by atoms with van der Waals surface area (Å²) in [4.78, 5) is 39.4. The highest BCUT2D eigenvalue weighted by molar-refractivity contribution is 6.22. The van der Waals surface area contributed by atoms with Crippen LogP contribution in [0.1, 0.15) is 82.4 Å². The molecule has 0 radical (unpaired) electrons. The van der Waals surface area contributed by atoms with Crippen molar-refractivity contribution in [1.82, 2.24) is 10.2 Å². The molecule has 1 heterocycles. The van der Waals surface area contributed by atoms with Crippen molar-refractivity contribution in [3.63, 3.8) is 0 Å². The van der Waals surface area contributed by atoms with Crippen LogP contribution in [0.15, 0.2) is 18.2 Å². The van der Waals surface area contributed by atoms with Gasteiger partial charge in [-0.3, -0.25) is 19.3 Å². The zero-order valence-electron chi connectivity index (χ0n) is 14.7. The molecule has 1 aromatic carbocycles. The summed E-state index contributed by atoms with van der Waals surface area (Å²) in [6.45, 7) is 0. The Morgan fingerprint density at radius 3 is 2.38 bits per heavy atom. The first-order valence-corrected chi connectivity index (χ1v) is 9.57. The summed E-state index contributed by atoms with van der Waals surface area (Å²) in [5.74, 6) is -0.836. The smallest absolute Gasteiger partial charge is 0.261 e. The van der Waals surface area contributed by atoms with Crippen LogP contribution >= 0.6 is 0 Å². The number of nitrogens with one attached hydrogen (secondary N) is 1. The number of nitrogens with zero attached hydrogens (tertiary/aromatic N) is 1. The average Bonchev–Trinajstić information content (AvgIpc) is 3.17. The van der Waals surface area contributed by atoms with Gasteiger partial charge in [0.2, 0.25) is 0 Å². The maximum atomic E-state index is 12.8. The van der Waals surface area contributed by atoms with Crippen LogP contribution in [0.4, 0.5) is 0 Å². The molecule has 0 aromatic heterocycles. The SMILES string of the molecule is O=C(NC1CCCC1O)c1ccc2c(c1)C(=O)N(C1CCCCC1)C2=O. The molecule has 0 bridgehead atoms. The van der Waals surface area contributed by atoms with Gasteiger partial charge in [-0.15, -0.1) is 0 Å². The quantitative estimate of drug-likeness (QED) is 0.814. The van der Waals surface area contributed by atoms with Gasteiger partial charge in [0.25, 0.3) is 17.7 Å². The highest BCUT2D eigenvalue weighted by atomic mass is 16.3. The van der Waals surface area contributed by atoms with Gasteiger partial charge in [-0.05, 0) is 50.3 Å². The fourth-order valence-corrected chi connectivity index (χ4v) is 4.43. The molecule has 1 aromatic rings. The molecule has 2 unspecified atom stereocenters. The largest absolute Gasteiger partial charge is 0.391 e. The number of imide groups is 1. The van der Waals surface area contributed by atoms with Crippen LogP contribution in [-0.2, 0) is 0 Å². The Hall–Kier alpha value is -2.21. The third-order valence-electron chi connectivity index (χ3n) is 5.92. The van der Waals surface area contributed by atoms with Crippen molar-refractivity contribution < 1.29 is 19.5 Å². The minimum absolute atomic E-state index is 0.0259. The number of carbonyl (C=O) groups excluding carboxylic acids is 3. The molecule has 1 aliphatic heterocycles. The van der Waals surface area contributed by atoms with Gasteiger partial charge in [-0.25, -0.2) is 0 Å². The molecule has 6 nitrogen and oxygen atoms in total. The van der Waals surface area contributed by atoms with E-state index in [0.717, 1.165) is 44.9 Å². The normalized spacial score (nSPS) is 26.3. The van der Waals surface area contributed by atoms with Gasteiger partial charge < -0.3 is 10.4 Å². The summed E-state index contributed by atoms with van der Waals surface area (Å²) in [5.41, 5.74) is 1.06. The van der Waals surface area contributed by atoms with Crippen LogP contribution in [0.25, 0.3) is 0 Å². The minimum Gasteiger partial charge on any atom is -0.391 e. The standard InChI is InChI=1S/C20H24N2O4/c23-17-8-4-7-16(17)21-18(24)12-9-10-14-15(11-12)20(26)22(19(14)25)13-5-2-1-3-6-13/h9-11,13,16-17,23H,1-8H2,(H,21,24). The Labute approximate surface area is 152 Å². The average molecular weight is 356 g/mol. The Morgan fingerprint density at radius 1 is 0.962 bits per heavy atom. The van der Waals surface area contributed by atoms with Gasteiger partial charge in [0.05, 0.1) is 23.3 Å². The molecule has 0 saturated heterocycles. The molecule has 2 fully saturated rings. The fraction of sp³-hybridized carbons (Fsp3) is 0.550. The van der Waals surface area contributed by atoms with E-state index in [2.05, 4.69) is 5.32 Å². The van der Waals surface area contributed by atoms with E-state index in [0.29, 0.717) is 23.1 Å². The number of hydrogen-bond donors (Lipinski definition) is 2. The van der Waals surface area contributed by atoms with Gasteiger partial charge in [0.15, 0.2) is 0 Å². The summed E-state index contributed by atoms with van der Waals surface area (Å²) in [6, 6.07) is 4.42. The summed E-state index contributed by atoms with van der Waals surface area (Å²) in [5, 5.41) is 12.7. The van der Waals surface area contributed by atoms with Gasteiger partial charge >= 0.3 is 0 Å². The summed E-state index contributed by atoms with van der Waals surface area (Å²) >= 11 is 0. The predicted octanol–water partition coefficient (Wildman–Crippen LogP) is 2.26. The molecule has 3 amide bonds. The maximum absolute atomic E-state index is 12.8. The summed E-state index contributed by atoms with van der Waals surface area (Å²) < 4.78 is 0. The second-order valence-electron chi connectivity index (χ2n) is 7.61. The van der Waals surface area contributed by atoms with Crippen molar-refractivity contribution in [3.05, 3.63) is 34.9 Å². The van der Waals surface area contributed by atoms with E-state index in [1.165, 1.54) is 11.0 Å². The van der Waals surface area contributed by atoms with Crippen LogP contribution < -0.4 is 5.32 Å². The molecule has 6 heteroatoms. The van der Waals surface area contributed by atoms with Crippen LogP contribution in [0.2, 0.25) is 0 Å². The first kappa shape index (κ1) is 17.2. The molecular formula is C20H24N2O4. The first-order chi connectivity index (χ1) is 12.6. The van der Waals surface area contributed by atoms with Crippen LogP contribution in [0.3, 0.4) is 0 Å². The van der Waals surface area contributed by atoms with E-state index < -0.39 is 6.10 Å². The number of hydrogen-bond acceptors (Lipinski definition) is 4. The molecule has 2 aliphatic carbocycles. The van der Waals surface area contributed by atoms with Crippen molar-refractivity contribution in [2.45, 2.75) is 69.6 Å². The number of amides is 3. The van der Waals surface area contributed by atoms with E-state index >= 15 is 0 Å². The molecule has 2 saturated carbocycles. The third kappa shape index (κ3) is 2.92. The lowest BCUT2D eigenvalue weighted by atomic mass is 9.94. The van der Waals surface area contributed by atoms with Crippen molar-refractivity contribution in [2.75, 3.05) is 0 Å². The number of benzene rings is 1. The second kappa shape index (κ2) is 6.83. The number of aliphatic hydroxyl groups is 1. The molecule has 138 valence electrons. The molecule has 2 N–H and O–H groups in total. The highest BCUT2D eigenvalue weighted by Crippen LogP contribution is 2.31. The molecular weight excluding hydrogens is 332 g/mol. The Bertz CT molecular complexity index is 754. The Kier molecular flexibility index (Phi) is 4.53. The maximum Gasteiger partial charge on any atom is 0.261 e. The zero-order chi connectivity index (χ0) is 18.3. The van der Waals surface area contributed by atoms with Crippen LogP contribution in [-0.4, -0.2) is 45.9 Å². The fourth-order valence-electron chi connectivity index (χ4n) is 4.43. The Balaban J connectivity index is 1.54.